The average Bonchev–Trinajstić information content (AvgIpc) is 2.75. The predicted octanol–water partition coefficient (Wildman–Crippen LogP) is 5.70. The van der Waals surface area contributed by atoms with E-state index < -0.39 is 11.7 Å². The van der Waals surface area contributed by atoms with E-state index in [2.05, 4.69) is 54.5 Å². The summed E-state index contributed by atoms with van der Waals surface area (Å²) >= 11 is 0. The number of aryl methyl sites for hydroxylation is 4. The first-order valence-corrected chi connectivity index (χ1v) is 10.4. The zero-order valence-electron chi connectivity index (χ0n) is 18.8. The molecule has 0 aliphatic carbocycles. The average molecular weight is 397 g/mol. The fraction of sp³-hybridized carbons (Fsp3) is 0.400. The molecular formula is C25H36N2O2. The van der Waals surface area contributed by atoms with Crippen molar-refractivity contribution in [2.45, 2.75) is 67.2 Å². The molecule has 2 aromatic carbocycles. The van der Waals surface area contributed by atoms with Crippen LogP contribution in [0.2, 0.25) is 0 Å². The Labute approximate surface area is 176 Å². The van der Waals surface area contributed by atoms with E-state index in [9.17, 15) is 9.59 Å². The minimum absolute atomic E-state index is 0.506. The molecule has 4 heteroatoms. The lowest BCUT2D eigenvalue weighted by Crippen LogP contribution is -2.28. The first kappa shape index (κ1) is 26.2. The summed E-state index contributed by atoms with van der Waals surface area (Å²) < 4.78 is 0. The van der Waals surface area contributed by atoms with E-state index in [4.69, 9.17) is 0 Å². The topological polar surface area (TPSA) is 58.5 Å². The normalized spacial score (nSPS) is 9.31. The fourth-order valence-electron chi connectivity index (χ4n) is 2.96. The van der Waals surface area contributed by atoms with Gasteiger partial charge in [0, 0.05) is 12.3 Å². The second-order valence-electron chi connectivity index (χ2n) is 6.33. The van der Waals surface area contributed by atoms with Gasteiger partial charge >= 0.3 is 5.91 Å². The molecule has 0 heterocycles. The number of hydrogen-bond acceptors (Lipinski definition) is 3. The number of carbonyl (C=O) groups excluding carboxylic acids is 2. The lowest BCUT2D eigenvalue weighted by molar-refractivity contribution is -0.116. The SMILES string of the molecule is C=NNC(=O)C(=O)c1c(CC)cc(C)cc1CC.CC.CCCc1ccccc1. The largest absolute Gasteiger partial charge is 0.312 e. The van der Waals surface area contributed by atoms with Crippen LogP contribution in [0.1, 0.15) is 73.7 Å². The Morgan fingerprint density at radius 2 is 1.48 bits per heavy atom. The quantitative estimate of drug-likeness (QED) is 0.282. The van der Waals surface area contributed by atoms with Crippen molar-refractivity contribution in [2.24, 2.45) is 5.10 Å². The van der Waals surface area contributed by atoms with Gasteiger partial charge in [-0.25, -0.2) is 5.43 Å². The summed E-state index contributed by atoms with van der Waals surface area (Å²) in [7, 11) is 0. The summed E-state index contributed by atoms with van der Waals surface area (Å²) in [6, 6.07) is 14.5. The highest BCUT2D eigenvalue weighted by Crippen LogP contribution is 2.20. The van der Waals surface area contributed by atoms with Crippen molar-refractivity contribution in [1.82, 2.24) is 5.43 Å². The van der Waals surface area contributed by atoms with Gasteiger partial charge in [-0.3, -0.25) is 9.59 Å². The lowest BCUT2D eigenvalue weighted by Gasteiger charge is -2.12. The van der Waals surface area contributed by atoms with Gasteiger partial charge in [-0.15, -0.1) is 0 Å². The third kappa shape index (κ3) is 8.86. The van der Waals surface area contributed by atoms with Crippen LogP contribution in [0.15, 0.2) is 47.6 Å². The van der Waals surface area contributed by atoms with Crippen molar-refractivity contribution in [2.75, 3.05) is 0 Å². The van der Waals surface area contributed by atoms with Crippen LogP contribution < -0.4 is 5.43 Å². The van der Waals surface area contributed by atoms with Crippen LogP contribution in [0.3, 0.4) is 0 Å². The van der Waals surface area contributed by atoms with Crippen LogP contribution in [0.4, 0.5) is 0 Å². The van der Waals surface area contributed by atoms with Gasteiger partial charge in [-0.2, -0.15) is 5.10 Å². The number of nitrogens with zero attached hydrogens (tertiary/aromatic N) is 1. The number of rotatable bonds is 7. The van der Waals surface area contributed by atoms with E-state index in [1.807, 2.05) is 46.8 Å². The highest BCUT2D eigenvalue weighted by molar-refractivity contribution is 6.43. The van der Waals surface area contributed by atoms with E-state index in [0.717, 1.165) is 16.7 Å². The molecule has 2 aromatic rings. The van der Waals surface area contributed by atoms with Crippen LogP contribution in [0, 0.1) is 6.92 Å². The van der Waals surface area contributed by atoms with Gasteiger partial charge in [0.2, 0.25) is 0 Å². The summed E-state index contributed by atoms with van der Waals surface area (Å²) in [5.74, 6) is -1.28. The van der Waals surface area contributed by atoms with Crippen LogP contribution in [-0.2, 0) is 24.1 Å². The van der Waals surface area contributed by atoms with E-state index in [1.165, 1.54) is 18.4 Å². The highest BCUT2D eigenvalue weighted by Gasteiger charge is 2.21. The first-order chi connectivity index (χ1) is 14.0. The molecule has 158 valence electrons. The van der Waals surface area contributed by atoms with Gasteiger partial charge in [0.15, 0.2) is 0 Å². The minimum Gasteiger partial charge on any atom is -0.283 e. The number of benzene rings is 2. The van der Waals surface area contributed by atoms with Gasteiger partial charge in [0.25, 0.3) is 5.78 Å². The molecule has 0 unspecified atom stereocenters. The van der Waals surface area contributed by atoms with Crippen molar-refractivity contribution in [1.29, 1.82) is 0 Å². The minimum atomic E-state index is -0.738. The monoisotopic (exact) mass is 396 g/mol. The maximum atomic E-state index is 12.1. The Morgan fingerprint density at radius 1 is 0.966 bits per heavy atom. The Morgan fingerprint density at radius 3 is 1.90 bits per heavy atom. The number of hydrogen-bond donors (Lipinski definition) is 1. The van der Waals surface area contributed by atoms with E-state index in [-0.39, 0.29) is 0 Å². The van der Waals surface area contributed by atoms with Crippen molar-refractivity contribution in [3.63, 3.8) is 0 Å². The molecular weight excluding hydrogens is 360 g/mol. The summed E-state index contributed by atoms with van der Waals surface area (Å²) in [6.07, 6.45) is 3.87. The van der Waals surface area contributed by atoms with Crippen molar-refractivity contribution >= 4 is 18.4 Å². The molecule has 0 saturated carbocycles. The van der Waals surface area contributed by atoms with Gasteiger partial charge < -0.3 is 0 Å². The van der Waals surface area contributed by atoms with Gasteiger partial charge in [0.05, 0.1) is 0 Å². The van der Waals surface area contributed by atoms with Crippen molar-refractivity contribution in [3.8, 4) is 0 Å². The van der Waals surface area contributed by atoms with E-state index >= 15 is 0 Å². The molecule has 29 heavy (non-hydrogen) atoms. The zero-order valence-corrected chi connectivity index (χ0v) is 18.8. The molecule has 0 aliphatic heterocycles. The van der Waals surface area contributed by atoms with Crippen LogP contribution in [0.25, 0.3) is 0 Å². The third-order valence-corrected chi connectivity index (χ3v) is 4.20. The van der Waals surface area contributed by atoms with Gasteiger partial charge in [0.1, 0.15) is 0 Å². The number of ketones is 1. The van der Waals surface area contributed by atoms with Crippen LogP contribution >= 0.6 is 0 Å². The summed E-state index contributed by atoms with van der Waals surface area (Å²) in [5.41, 5.74) is 6.93. The molecule has 1 amide bonds. The molecule has 0 aliphatic rings. The summed E-state index contributed by atoms with van der Waals surface area (Å²) in [6.45, 7) is 15.3. The zero-order chi connectivity index (χ0) is 22.2. The standard InChI is InChI=1S/C14H18N2O2.C9H12.C2H6/c1-5-10-7-9(3)8-11(6-2)12(10)13(17)14(18)16-15-4;1-2-6-9-7-4-3-5-8-9;1-2/h7-8H,4-6H2,1-3H3,(H,16,18);3-5,7-8H,2,6H2,1H3;1-2H3. The Bertz CT molecular complexity index is 743. The molecule has 0 spiro atoms. The third-order valence-electron chi connectivity index (χ3n) is 4.20. The van der Waals surface area contributed by atoms with Crippen molar-refractivity contribution in [3.05, 3.63) is 70.3 Å². The number of carbonyl (C=O) groups is 2. The molecule has 0 fully saturated rings. The second kappa shape index (κ2) is 15.2. The number of nitrogens with one attached hydrogen (secondary N) is 1. The van der Waals surface area contributed by atoms with Gasteiger partial charge in [-0.1, -0.05) is 89.1 Å². The molecule has 0 bridgehead atoms. The molecule has 0 radical (unpaired) electrons. The second-order valence-corrected chi connectivity index (χ2v) is 6.33. The molecule has 4 nitrogen and oxygen atoms in total. The molecule has 0 saturated heterocycles. The number of Topliss-reactive ketones (excluding diaryl/α,β-unsaturated/α-hetero) is 1. The summed E-state index contributed by atoms with van der Waals surface area (Å²) in [5, 5.41) is 3.24. The molecule has 2 rings (SSSR count). The van der Waals surface area contributed by atoms with Crippen LogP contribution in [-0.4, -0.2) is 18.4 Å². The van der Waals surface area contributed by atoms with Crippen molar-refractivity contribution < 1.29 is 9.59 Å². The Kier molecular flexibility index (Phi) is 13.8. The number of amides is 1. The summed E-state index contributed by atoms with van der Waals surface area (Å²) in [4.78, 5) is 23.7. The Balaban J connectivity index is 0.000000595. The maximum absolute atomic E-state index is 12.1. The first-order valence-electron chi connectivity index (χ1n) is 10.4. The molecule has 0 aromatic heterocycles. The number of hydrazone groups is 1. The fourth-order valence-corrected chi connectivity index (χ4v) is 2.96. The lowest BCUT2D eigenvalue weighted by atomic mass is 9.92. The Hall–Kier alpha value is -2.75. The molecule has 1 N–H and O–H groups in total. The maximum Gasteiger partial charge on any atom is 0.312 e. The highest BCUT2D eigenvalue weighted by atomic mass is 16.2. The van der Waals surface area contributed by atoms with E-state index in [0.29, 0.717) is 18.4 Å². The van der Waals surface area contributed by atoms with Gasteiger partial charge in [-0.05, 0) is 42.9 Å². The predicted molar refractivity (Wildman–Crippen MR) is 124 cm³/mol. The van der Waals surface area contributed by atoms with Crippen LogP contribution in [0.5, 0.6) is 0 Å². The molecule has 0 atom stereocenters. The smallest absolute Gasteiger partial charge is 0.283 e. The van der Waals surface area contributed by atoms with E-state index in [1.54, 1.807) is 0 Å².